The van der Waals surface area contributed by atoms with E-state index >= 15 is 0 Å². The molecule has 27 heavy (non-hydrogen) atoms. The summed E-state index contributed by atoms with van der Waals surface area (Å²) in [6.45, 7) is 1.13. The summed E-state index contributed by atoms with van der Waals surface area (Å²) in [5.74, 6) is -1.20. The molecule has 0 saturated heterocycles. The van der Waals surface area contributed by atoms with E-state index < -0.39 is 18.1 Å². The van der Waals surface area contributed by atoms with E-state index in [4.69, 9.17) is 16.2 Å². The van der Waals surface area contributed by atoms with E-state index in [2.05, 4.69) is 15.6 Å². The van der Waals surface area contributed by atoms with Crippen LogP contribution in [0.3, 0.4) is 0 Å². The summed E-state index contributed by atoms with van der Waals surface area (Å²) in [6.07, 6.45) is -2.41. The summed E-state index contributed by atoms with van der Waals surface area (Å²) in [7, 11) is 1.09. The first kappa shape index (κ1) is 19.7. The van der Waals surface area contributed by atoms with Crippen molar-refractivity contribution in [3.8, 4) is 0 Å². The summed E-state index contributed by atoms with van der Waals surface area (Å²) in [6, 6.07) is 5.52. The molecule has 2 heterocycles. The second kappa shape index (κ2) is 7.49. The number of benzene rings is 1. The van der Waals surface area contributed by atoms with E-state index in [-0.39, 0.29) is 12.3 Å². The van der Waals surface area contributed by atoms with E-state index in [1.54, 1.807) is 18.3 Å². The first-order chi connectivity index (χ1) is 12.7. The standard InChI is InChI=1S/C18H24F3N5O/c1-27-15(17(19,20)21)9-12-10-24-6-4-11-8-13(2-3-14(11)12)18(23)25-7-5-16(22)26-18/h2-3,5,7-8,12,15,24-25H,4,6,9-10,23H2,1H3,(H2,22,26)/t12?,15-,18?/m0/s1. The van der Waals surface area contributed by atoms with Gasteiger partial charge in [-0.15, -0.1) is 0 Å². The van der Waals surface area contributed by atoms with Crippen molar-refractivity contribution in [3.63, 3.8) is 0 Å². The normalized spacial score (nSPS) is 26.6. The maximum absolute atomic E-state index is 13.1. The van der Waals surface area contributed by atoms with E-state index in [1.807, 2.05) is 12.1 Å². The molecule has 0 spiro atoms. The highest BCUT2D eigenvalue weighted by Crippen LogP contribution is 2.34. The van der Waals surface area contributed by atoms with E-state index in [1.165, 1.54) is 0 Å². The first-order valence-corrected chi connectivity index (χ1v) is 8.75. The Morgan fingerprint density at radius 1 is 1.41 bits per heavy atom. The van der Waals surface area contributed by atoms with Gasteiger partial charge in [-0.1, -0.05) is 12.1 Å². The lowest BCUT2D eigenvalue weighted by atomic mass is 9.87. The monoisotopic (exact) mass is 383 g/mol. The number of nitrogens with one attached hydrogen (secondary N) is 2. The van der Waals surface area contributed by atoms with Gasteiger partial charge in [0.25, 0.3) is 0 Å². The quantitative estimate of drug-likeness (QED) is 0.631. The molecule has 0 fully saturated rings. The molecule has 6 N–H and O–H groups in total. The third-order valence-corrected chi connectivity index (χ3v) is 5.00. The molecule has 1 aromatic carbocycles. The Kier molecular flexibility index (Phi) is 5.45. The van der Waals surface area contributed by atoms with Gasteiger partial charge in [-0.2, -0.15) is 13.2 Å². The lowest BCUT2D eigenvalue weighted by Crippen LogP contribution is -2.49. The van der Waals surface area contributed by atoms with E-state index in [0.29, 0.717) is 30.9 Å². The minimum absolute atomic E-state index is 0.140. The molecule has 2 aliphatic rings. The number of hydrogen-bond donors (Lipinski definition) is 4. The van der Waals surface area contributed by atoms with Gasteiger partial charge in [0.1, 0.15) is 5.84 Å². The van der Waals surface area contributed by atoms with Crippen LogP contribution < -0.4 is 22.1 Å². The largest absolute Gasteiger partial charge is 0.414 e. The topological polar surface area (TPSA) is 97.7 Å². The Balaban J connectivity index is 1.91. The minimum atomic E-state index is -4.40. The number of hydrogen-bond acceptors (Lipinski definition) is 6. The number of amidine groups is 1. The number of alkyl halides is 3. The summed E-state index contributed by atoms with van der Waals surface area (Å²) >= 11 is 0. The summed E-state index contributed by atoms with van der Waals surface area (Å²) in [4.78, 5) is 4.26. The third kappa shape index (κ3) is 4.26. The molecule has 0 aromatic heterocycles. The fourth-order valence-corrected chi connectivity index (χ4v) is 3.57. The van der Waals surface area contributed by atoms with Crippen LogP contribution in [0.25, 0.3) is 0 Å². The predicted molar refractivity (Wildman–Crippen MR) is 97.0 cm³/mol. The minimum Gasteiger partial charge on any atom is -0.384 e. The molecular formula is C18H24F3N5O. The number of nitrogens with zero attached hydrogens (tertiary/aromatic N) is 1. The molecule has 9 heteroatoms. The second-order valence-corrected chi connectivity index (χ2v) is 6.85. The lowest BCUT2D eigenvalue weighted by molar-refractivity contribution is -0.215. The molecule has 0 saturated carbocycles. The molecule has 3 rings (SSSR count). The summed E-state index contributed by atoms with van der Waals surface area (Å²) < 4.78 is 44.1. The number of rotatable bonds is 4. The zero-order chi connectivity index (χ0) is 19.7. The smallest absolute Gasteiger partial charge is 0.384 e. The molecule has 2 unspecified atom stereocenters. The van der Waals surface area contributed by atoms with Crippen LogP contribution in [-0.2, 0) is 16.9 Å². The maximum atomic E-state index is 13.1. The molecule has 3 atom stereocenters. The van der Waals surface area contributed by atoms with Gasteiger partial charge < -0.3 is 21.1 Å². The first-order valence-electron chi connectivity index (χ1n) is 8.75. The molecule has 0 aliphatic carbocycles. The molecule has 0 bridgehead atoms. The van der Waals surface area contributed by atoms with Gasteiger partial charge >= 0.3 is 6.18 Å². The van der Waals surface area contributed by atoms with Crippen LogP contribution in [0, 0.1) is 0 Å². The van der Waals surface area contributed by atoms with Crippen LogP contribution in [0.5, 0.6) is 0 Å². The number of ether oxygens (including phenoxy) is 1. The molecule has 0 radical (unpaired) electrons. The van der Waals surface area contributed by atoms with Gasteiger partial charge in [0.05, 0.1) is 0 Å². The van der Waals surface area contributed by atoms with Crippen LogP contribution in [0.4, 0.5) is 13.2 Å². The molecule has 2 aliphatic heterocycles. The Morgan fingerprint density at radius 3 is 2.85 bits per heavy atom. The van der Waals surface area contributed by atoms with Crippen molar-refractivity contribution >= 4 is 5.84 Å². The number of aliphatic imine (C=N–C) groups is 1. The average molecular weight is 383 g/mol. The van der Waals surface area contributed by atoms with Gasteiger partial charge in [0, 0.05) is 25.4 Å². The highest BCUT2D eigenvalue weighted by molar-refractivity contribution is 5.92. The fraction of sp³-hybridized carbons (Fsp3) is 0.500. The highest BCUT2D eigenvalue weighted by Gasteiger charge is 2.42. The number of methoxy groups -OCH3 is 1. The van der Waals surface area contributed by atoms with Crippen molar-refractivity contribution in [1.29, 1.82) is 0 Å². The van der Waals surface area contributed by atoms with E-state index in [0.717, 1.165) is 18.2 Å². The van der Waals surface area contributed by atoms with Crippen LogP contribution in [0.1, 0.15) is 29.0 Å². The van der Waals surface area contributed by atoms with E-state index in [9.17, 15) is 13.2 Å². The molecule has 1 aromatic rings. The molecule has 148 valence electrons. The Labute approximate surface area is 155 Å². The fourth-order valence-electron chi connectivity index (χ4n) is 3.57. The zero-order valence-corrected chi connectivity index (χ0v) is 15.0. The molecule has 0 amide bonds. The van der Waals surface area contributed by atoms with Gasteiger partial charge in [0.15, 0.2) is 6.10 Å². The summed E-state index contributed by atoms with van der Waals surface area (Å²) in [5.41, 5.74) is 14.6. The van der Waals surface area contributed by atoms with Crippen molar-refractivity contribution in [2.24, 2.45) is 16.5 Å². The van der Waals surface area contributed by atoms with Crippen LogP contribution in [0.2, 0.25) is 0 Å². The third-order valence-electron chi connectivity index (χ3n) is 5.00. The van der Waals surface area contributed by atoms with Crippen molar-refractivity contribution in [1.82, 2.24) is 10.6 Å². The lowest BCUT2D eigenvalue weighted by Gasteiger charge is -2.30. The number of fused-ring (bicyclic) bond motifs is 1. The Bertz CT molecular complexity index is 749. The van der Waals surface area contributed by atoms with Gasteiger partial charge in [-0.3, -0.25) is 5.73 Å². The zero-order valence-electron chi connectivity index (χ0n) is 15.0. The van der Waals surface area contributed by atoms with Crippen LogP contribution in [-0.4, -0.2) is 38.3 Å². The molecular weight excluding hydrogens is 359 g/mol. The van der Waals surface area contributed by atoms with Gasteiger partial charge in [0.2, 0.25) is 5.79 Å². The summed E-state index contributed by atoms with van der Waals surface area (Å²) in [5, 5.41) is 6.19. The van der Waals surface area contributed by atoms with Gasteiger partial charge in [-0.25, -0.2) is 4.99 Å². The van der Waals surface area contributed by atoms with Crippen LogP contribution in [0.15, 0.2) is 35.5 Å². The van der Waals surface area contributed by atoms with Crippen molar-refractivity contribution in [2.75, 3.05) is 20.2 Å². The SMILES string of the molecule is CO[C@@H](CC1CNCCc2cc(C3(N)N=C(N)C=CN3)ccc21)C(F)(F)F. The number of halogens is 3. The van der Waals surface area contributed by atoms with Crippen LogP contribution >= 0.6 is 0 Å². The highest BCUT2D eigenvalue weighted by atomic mass is 19.4. The predicted octanol–water partition coefficient (Wildman–Crippen LogP) is 1.43. The second-order valence-electron chi connectivity index (χ2n) is 6.85. The number of nitrogens with two attached hydrogens (primary N) is 2. The molecule has 6 nitrogen and oxygen atoms in total. The van der Waals surface area contributed by atoms with Crippen molar-refractivity contribution in [3.05, 3.63) is 47.2 Å². The average Bonchev–Trinajstić information content (AvgIpc) is 2.80. The van der Waals surface area contributed by atoms with Crippen molar-refractivity contribution < 1.29 is 17.9 Å². The Morgan fingerprint density at radius 2 is 2.19 bits per heavy atom. The van der Waals surface area contributed by atoms with Gasteiger partial charge in [-0.05, 0) is 48.6 Å². The maximum Gasteiger partial charge on any atom is 0.414 e. The van der Waals surface area contributed by atoms with Crippen molar-refractivity contribution in [2.45, 2.75) is 36.8 Å². The Hall–Kier alpha value is -2.10.